The van der Waals surface area contributed by atoms with Crippen molar-refractivity contribution in [3.63, 3.8) is 0 Å². The van der Waals surface area contributed by atoms with E-state index in [1.807, 2.05) is 0 Å². The van der Waals surface area contributed by atoms with E-state index >= 15 is 0 Å². The van der Waals surface area contributed by atoms with Gasteiger partial charge in [0.1, 0.15) is 19.3 Å². The Morgan fingerprint density at radius 2 is 0.455 bits per heavy atom. The van der Waals surface area contributed by atoms with E-state index in [0.29, 0.717) is 25.7 Å². The second-order valence-corrected chi connectivity index (χ2v) is 33.4. The van der Waals surface area contributed by atoms with Crippen molar-refractivity contribution in [2.24, 2.45) is 11.8 Å². The van der Waals surface area contributed by atoms with Crippen LogP contribution in [0.2, 0.25) is 0 Å². The zero-order valence-electron chi connectivity index (χ0n) is 66.2. The number of hydrogen-bond acceptors (Lipinski definition) is 15. The van der Waals surface area contributed by atoms with Crippen LogP contribution in [0, 0.1) is 11.8 Å². The van der Waals surface area contributed by atoms with Gasteiger partial charge in [0, 0.05) is 25.7 Å². The SMILES string of the molecule is CCCCCCCCCCCCCCCCCCCCCCCCC(=O)O[C@H](COC(=O)CCCCCCCCCCCCCCCCCC(C)C)COP(=O)(O)OC[C@@H](O)COP(=O)(O)OC[C@@H](COC(=O)CCCCCCCCCCCC)OC(=O)CCCCCCCCCCC(C)C. The fourth-order valence-electron chi connectivity index (χ4n) is 12.7. The average Bonchev–Trinajstić information content (AvgIpc) is 0.938. The van der Waals surface area contributed by atoms with Gasteiger partial charge in [0.2, 0.25) is 0 Å². The fourth-order valence-corrected chi connectivity index (χ4v) is 14.3. The Balaban J connectivity index is 5.19. The molecule has 101 heavy (non-hydrogen) atoms. The first-order valence-electron chi connectivity index (χ1n) is 42.5. The predicted octanol–water partition coefficient (Wildman–Crippen LogP) is 24.7. The van der Waals surface area contributed by atoms with E-state index in [9.17, 15) is 43.2 Å². The number of aliphatic hydroxyl groups excluding tert-OH is 1. The molecule has 0 heterocycles. The molecule has 17 nitrogen and oxygen atoms in total. The molecule has 0 radical (unpaired) electrons. The summed E-state index contributed by atoms with van der Waals surface area (Å²) in [5.74, 6) is -0.586. The number of carbonyl (C=O) groups excluding carboxylic acids is 4. The number of phosphoric acid groups is 2. The number of esters is 4. The summed E-state index contributed by atoms with van der Waals surface area (Å²) in [5.41, 5.74) is 0. The van der Waals surface area contributed by atoms with Crippen molar-refractivity contribution < 1.29 is 80.2 Å². The maximum Gasteiger partial charge on any atom is 0.472 e. The van der Waals surface area contributed by atoms with Gasteiger partial charge >= 0.3 is 39.5 Å². The zero-order valence-corrected chi connectivity index (χ0v) is 68.0. The molecule has 0 spiro atoms. The molecule has 0 fully saturated rings. The summed E-state index contributed by atoms with van der Waals surface area (Å²) in [6.45, 7) is 9.61. The highest BCUT2D eigenvalue weighted by Gasteiger charge is 2.30. The molecule has 2 unspecified atom stereocenters. The summed E-state index contributed by atoms with van der Waals surface area (Å²) < 4.78 is 68.7. The average molecular weight is 1480 g/mol. The normalized spacial score (nSPS) is 13.9. The summed E-state index contributed by atoms with van der Waals surface area (Å²) in [6.07, 6.45) is 64.1. The smallest absolute Gasteiger partial charge is 0.462 e. The number of aliphatic hydroxyl groups is 1. The van der Waals surface area contributed by atoms with Gasteiger partial charge in [0.15, 0.2) is 12.2 Å². The van der Waals surface area contributed by atoms with E-state index < -0.39 is 97.5 Å². The predicted molar refractivity (Wildman–Crippen MR) is 414 cm³/mol. The summed E-state index contributed by atoms with van der Waals surface area (Å²) >= 11 is 0. The molecule has 0 rings (SSSR count). The van der Waals surface area contributed by atoms with Gasteiger partial charge < -0.3 is 33.8 Å². The maximum atomic E-state index is 13.1. The third-order valence-electron chi connectivity index (χ3n) is 19.2. The molecule has 0 saturated heterocycles. The molecule has 0 aromatic rings. The molecule has 5 atom stereocenters. The molecular formula is C82H160O17P2. The fraction of sp³-hybridized carbons (Fsp3) is 0.951. The van der Waals surface area contributed by atoms with Crippen molar-refractivity contribution >= 4 is 39.5 Å². The molecule has 0 aliphatic heterocycles. The van der Waals surface area contributed by atoms with E-state index in [4.69, 9.17) is 37.0 Å². The quantitative estimate of drug-likeness (QED) is 0.0222. The van der Waals surface area contributed by atoms with Crippen LogP contribution in [0.15, 0.2) is 0 Å². The van der Waals surface area contributed by atoms with Crippen LogP contribution in [-0.4, -0.2) is 96.7 Å². The van der Waals surface area contributed by atoms with Gasteiger partial charge in [-0.2, -0.15) is 0 Å². The zero-order chi connectivity index (χ0) is 74.2. The van der Waals surface area contributed by atoms with Crippen LogP contribution in [0.5, 0.6) is 0 Å². The van der Waals surface area contributed by atoms with E-state index in [2.05, 4.69) is 41.5 Å². The van der Waals surface area contributed by atoms with Crippen LogP contribution in [0.4, 0.5) is 0 Å². The Morgan fingerprint density at radius 3 is 0.673 bits per heavy atom. The highest BCUT2D eigenvalue weighted by atomic mass is 31.2. The molecule has 0 aliphatic carbocycles. The van der Waals surface area contributed by atoms with E-state index in [1.54, 1.807) is 0 Å². The summed E-state index contributed by atoms with van der Waals surface area (Å²) in [6, 6.07) is 0. The highest BCUT2D eigenvalue weighted by molar-refractivity contribution is 7.47. The lowest BCUT2D eigenvalue weighted by Gasteiger charge is -2.21. The van der Waals surface area contributed by atoms with Gasteiger partial charge in [-0.3, -0.25) is 37.3 Å². The number of rotatable bonds is 81. The van der Waals surface area contributed by atoms with E-state index in [1.165, 1.54) is 250 Å². The van der Waals surface area contributed by atoms with Crippen molar-refractivity contribution in [2.45, 2.75) is 452 Å². The summed E-state index contributed by atoms with van der Waals surface area (Å²) in [5, 5.41) is 10.6. The molecule has 19 heteroatoms. The lowest BCUT2D eigenvalue weighted by molar-refractivity contribution is -0.161. The lowest BCUT2D eigenvalue weighted by Crippen LogP contribution is -2.30. The number of unbranched alkanes of at least 4 members (excludes halogenated alkanes) is 51. The van der Waals surface area contributed by atoms with Crippen molar-refractivity contribution in [3.05, 3.63) is 0 Å². The number of ether oxygens (including phenoxy) is 4. The number of phosphoric ester groups is 2. The standard InChI is InChI=1S/C82H160O17P2/c1-7-9-11-13-15-17-19-20-21-22-23-24-25-26-27-30-34-37-41-48-54-60-66-81(86)98-77(70-93-80(85)65-59-53-47-40-36-33-31-28-29-32-35-38-44-50-56-62-74(3)4)72-96-100(88,89)94-68-76(83)69-95-101(90,91)97-73-78(71-92-79(84)64-58-52-46-39-18-16-14-12-10-8-2)99-82(87)67-61-55-49-43-42-45-51-57-63-75(5)6/h74-78,83H,7-73H2,1-6H3,(H,88,89)(H,90,91)/t76-,77-,78-/m1/s1. The minimum absolute atomic E-state index is 0.105. The van der Waals surface area contributed by atoms with Gasteiger partial charge in [-0.25, -0.2) is 9.13 Å². The minimum Gasteiger partial charge on any atom is -0.462 e. The van der Waals surface area contributed by atoms with Crippen LogP contribution in [0.1, 0.15) is 433 Å². The molecule has 600 valence electrons. The van der Waals surface area contributed by atoms with Crippen molar-refractivity contribution in [2.75, 3.05) is 39.6 Å². The first-order chi connectivity index (χ1) is 48.9. The van der Waals surface area contributed by atoms with Crippen LogP contribution in [0.25, 0.3) is 0 Å². The van der Waals surface area contributed by atoms with E-state index in [-0.39, 0.29) is 25.7 Å². The molecule has 0 saturated carbocycles. The Labute approximate surface area is 619 Å². The largest absolute Gasteiger partial charge is 0.472 e. The lowest BCUT2D eigenvalue weighted by atomic mass is 10.0. The second-order valence-electron chi connectivity index (χ2n) is 30.5. The maximum absolute atomic E-state index is 13.1. The highest BCUT2D eigenvalue weighted by Crippen LogP contribution is 2.45. The molecule has 0 bridgehead atoms. The molecular weight excluding hydrogens is 1320 g/mol. The van der Waals surface area contributed by atoms with Crippen LogP contribution < -0.4 is 0 Å². The van der Waals surface area contributed by atoms with Crippen molar-refractivity contribution in [1.29, 1.82) is 0 Å². The first kappa shape index (κ1) is 99.1. The molecule has 0 aliphatic rings. The van der Waals surface area contributed by atoms with Crippen molar-refractivity contribution in [3.8, 4) is 0 Å². The Bertz CT molecular complexity index is 1940. The van der Waals surface area contributed by atoms with Crippen LogP contribution >= 0.6 is 15.6 Å². The van der Waals surface area contributed by atoms with Gasteiger partial charge in [-0.05, 0) is 37.5 Å². The third-order valence-corrected chi connectivity index (χ3v) is 21.1. The van der Waals surface area contributed by atoms with Crippen LogP contribution in [-0.2, 0) is 65.4 Å². The Morgan fingerprint density at radius 1 is 0.267 bits per heavy atom. The van der Waals surface area contributed by atoms with Gasteiger partial charge in [0.05, 0.1) is 26.4 Å². The second kappa shape index (κ2) is 73.6. The molecule has 0 aromatic heterocycles. The Hall–Kier alpha value is -1.94. The minimum atomic E-state index is -4.96. The molecule has 3 N–H and O–H groups in total. The molecule has 0 amide bonds. The van der Waals surface area contributed by atoms with E-state index in [0.717, 1.165) is 102 Å². The monoisotopic (exact) mass is 1480 g/mol. The third kappa shape index (κ3) is 76.1. The summed E-state index contributed by atoms with van der Waals surface area (Å²) in [4.78, 5) is 73.0. The van der Waals surface area contributed by atoms with Gasteiger partial charge in [-0.15, -0.1) is 0 Å². The first-order valence-corrected chi connectivity index (χ1v) is 45.5. The van der Waals surface area contributed by atoms with Crippen LogP contribution in [0.3, 0.4) is 0 Å². The number of hydrogen-bond donors (Lipinski definition) is 3. The summed E-state index contributed by atoms with van der Waals surface area (Å²) in [7, 11) is -9.92. The number of carbonyl (C=O) groups is 4. The molecule has 0 aromatic carbocycles. The van der Waals surface area contributed by atoms with Gasteiger partial charge in [-0.1, -0.05) is 382 Å². The Kier molecular flexibility index (Phi) is 72.2. The van der Waals surface area contributed by atoms with Gasteiger partial charge in [0.25, 0.3) is 0 Å². The van der Waals surface area contributed by atoms with Crippen molar-refractivity contribution in [1.82, 2.24) is 0 Å². The topological polar surface area (TPSA) is 237 Å².